The molecule has 1 unspecified atom stereocenters. The van der Waals surface area contributed by atoms with Crippen LogP contribution in [0.5, 0.6) is 0 Å². The van der Waals surface area contributed by atoms with Gasteiger partial charge < -0.3 is 15.4 Å². The number of hydrogen-bond acceptors (Lipinski definition) is 5. The number of esters is 1. The molecule has 1 amide bonds. The minimum absolute atomic E-state index is 0.172. The van der Waals surface area contributed by atoms with E-state index in [9.17, 15) is 9.59 Å². The largest absolute Gasteiger partial charge is 0.468 e. The molecule has 0 aromatic carbocycles. The Bertz CT molecular complexity index is 344. The predicted molar refractivity (Wildman–Crippen MR) is 86.1 cm³/mol. The summed E-state index contributed by atoms with van der Waals surface area (Å²) in [7, 11) is 3.24. The lowest BCUT2D eigenvalue weighted by Gasteiger charge is -2.33. The molecule has 6 heteroatoms. The van der Waals surface area contributed by atoms with Crippen LogP contribution >= 0.6 is 11.8 Å². The summed E-state index contributed by atoms with van der Waals surface area (Å²) in [6.45, 7) is 2.28. The SMILES string of the molecule is COC(=O)C(N)CCSCC(=O)N(C)C1CCC(C)CC1. The summed E-state index contributed by atoms with van der Waals surface area (Å²) in [5.74, 6) is 1.72. The Labute approximate surface area is 132 Å². The zero-order valence-electron chi connectivity index (χ0n) is 13.3. The van der Waals surface area contributed by atoms with Gasteiger partial charge >= 0.3 is 5.97 Å². The maximum Gasteiger partial charge on any atom is 0.322 e. The van der Waals surface area contributed by atoms with Crippen molar-refractivity contribution in [2.45, 2.75) is 51.1 Å². The molecule has 1 rings (SSSR count). The van der Waals surface area contributed by atoms with E-state index in [2.05, 4.69) is 11.7 Å². The zero-order valence-corrected chi connectivity index (χ0v) is 14.2. The van der Waals surface area contributed by atoms with Gasteiger partial charge in [0.2, 0.25) is 5.91 Å². The van der Waals surface area contributed by atoms with Gasteiger partial charge in [0.25, 0.3) is 0 Å². The van der Waals surface area contributed by atoms with Gasteiger partial charge in [-0.15, -0.1) is 0 Å². The molecule has 1 fully saturated rings. The Balaban J connectivity index is 2.19. The van der Waals surface area contributed by atoms with Crippen LogP contribution in [0.25, 0.3) is 0 Å². The number of methoxy groups -OCH3 is 1. The van der Waals surface area contributed by atoms with Crippen molar-refractivity contribution < 1.29 is 14.3 Å². The van der Waals surface area contributed by atoms with Crippen molar-refractivity contribution in [1.82, 2.24) is 4.90 Å². The number of carbonyl (C=O) groups excluding carboxylic acids is 2. The molecule has 1 saturated carbocycles. The van der Waals surface area contributed by atoms with Crippen LogP contribution < -0.4 is 5.73 Å². The van der Waals surface area contributed by atoms with E-state index in [-0.39, 0.29) is 5.91 Å². The Morgan fingerprint density at radius 1 is 1.33 bits per heavy atom. The summed E-state index contributed by atoms with van der Waals surface area (Å²) in [5, 5.41) is 0. The summed E-state index contributed by atoms with van der Waals surface area (Å²) >= 11 is 1.53. The molecular weight excluding hydrogens is 288 g/mol. The van der Waals surface area contributed by atoms with E-state index >= 15 is 0 Å². The van der Waals surface area contributed by atoms with Crippen molar-refractivity contribution >= 4 is 23.6 Å². The second-order valence-electron chi connectivity index (χ2n) is 5.89. The van der Waals surface area contributed by atoms with Crippen LogP contribution in [0.3, 0.4) is 0 Å². The summed E-state index contributed by atoms with van der Waals surface area (Å²) < 4.78 is 4.57. The van der Waals surface area contributed by atoms with Crippen molar-refractivity contribution in [2.75, 3.05) is 25.7 Å². The Hall–Kier alpha value is -0.750. The Morgan fingerprint density at radius 3 is 2.52 bits per heavy atom. The van der Waals surface area contributed by atoms with Crippen LogP contribution in [0.4, 0.5) is 0 Å². The van der Waals surface area contributed by atoms with Crippen molar-refractivity contribution in [1.29, 1.82) is 0 Å². The highest BCUT2D eigenvalue weighted by Gasteiger charge is 2.24. The average Bonchev–Trinajstić information content (AvgIpc) is 2.50. The lowest BCUT2D eigenvalue weighted by molar-refractivity contribution is -0.142. The fourth-order valence-electron chi connectivity index (χ4n) is 2.57. The van der Waals surface area contributed by atoms with Gasteiger partial charge in [0.1, 0.15) is 6.04 Å². The van der Waals surface area contributed by atoms with Gasteiger partial charge in [-0.25, -0.2) is 0 Å². The molecule has 0 bridgehead atoms. The molecule has 2 N–H and O–H groups in total. The highest BCUT2D eigenvalue weighted by molar-refractivity contribution is 7.99. The number of hydrogen-bond donors (Lipinski definition) is 1. The molecule has 0 spiro atoms. The molecule has 0 aromatic heterocycles. The standard InChI is InChI=1S/C15H28N2O3S/c1-11-4-6-12(7-5-11)17(2)14(18)10-21-9-8-13(16)15(19)20-3/h11-13H,4-10,16H2,1-3H3. The molecule has 0 aliphatic heterocycles. The van der Waals surface area contributed by atoms with E-state index in [0.717, 1.165) is 18.8 Å². The summed E-state index contributed by atoms with van der Waals surface area (Å²) in [4.78, 5) is 25.2. The van der Waals surface area contributed by atoms with Gasteiger partial charge in [0, 0.05) is 13.1 Å². The highest BCUT2D eigenvalue weighted by Crippen LogP contribution is 2.26. The van der Waals surface area contributed by atoms with Crippen LogP contribution in [0.15, 0.2) is 0 Å². The van der Waals surface area contributed by atoms with Gasteiger partial charge in [-0.2, -0.15) is 11.8 Å². The second kappa shape index (κ2) is 9.30. The van der Waals surface area contributed by atoms with Crippen molar-refractivity contribution in [3.63, 3.8) is 0 Å². The van der Waals surface area contributed by atoms with Crippen LogP contribution in [0, 0.1) is 5.92 Å². The number of carbonyl (C=O) groups is 2. The molecule has 1 atom stereocenters. The van der Waals surface area contributed by atoms with Crippen LogP contribution in [0.2, 0.25) is 0 Å². The average molecular weight is 316 g/mol. The van der Waals surface area contributed by atoms with E-state index in [1.165, 1.54) is 31.7 Å². The van der Waals surface area contributed by atoms with Crippen molar-refractivity contribution in [3.05, 3.63) is 0 Å². The number of nitrogens with zero attached hydrogens (tertiary/aromatic N) is 1. The van der Waals surface area contributed by atoms with Crippen molar-refractivity contribution in [2.24, 2.45) is 11.7 Å². The molecular formula is C15H28N2O3S. The number of nitrogens with two attached hydrogens (primary N) is 1. The summed E-state index contributed by atoms with van der Waals surface area (Å²) in [6, 6.07) is -0.193. The first-order chi connectivity index (χ1) is 9.95. The fourth-order valence-corrected chi connectivity index (χ4v) is 3.52. The van der Waals surface area contributed by atoms with E-state index in [1.54, 1.807) is 0 Å². The quantitative estimate of drug-likeness (QED) is 0.571. The minimum Gasteiger partial charge on any atom is -0.468 e. The van der Waals surface area contributed by atoms with Gasteiger partial charge in [-0.05, 0) is 43.8 Å². The van der Waals surface area contributed by atoms with E-state index in [1.807, 2.05) is 11.9 Å². The summed E-state index contributed by atoms with van der Waals surface area (Å²) in [6.07, 6.45) is 5.19. The third-order valence-corrected chi connectivity index (χ3v) is 5.20. The van der Waals surface area contributed by atoms with E-state index < -0.39 is 12.0 Å². The maximum absolute atomic E-state index is 12.1. The van der Waals surface area contributed by atoms with Gasteiger partial charge in [0.05, 0.1) is 12.9 Å². The number of thioether (sulfide) groups is 1. The highest BCUT2D eigenvalue weighted by atomic mass is 32.2. The van der Waals surface area contributed by atoms with Crippen LogP contribution in [0.1, 0.15) is 39.0 Å². The monoisotopic (exact) mass is 316 g/mol. The molecule has 0 saturated heterocycles. The maximum atomic E-state index is 12.1. The van der Waals surface area contributed by atoms with Gasteiger partial charge in [-0.1, -0.05) is 6.92 Å². The lowest BCUT2D eigenvalue weighted by atomic mass is 9.87. The van der Waals surface area contributed by atoms with Crippen LogP contribution in [-0.2, 0) is 14.3 Å². The molecule has 1 aliphatic carbocycles. The van der Waals surface area contributed by atoms with E-state index in [0.29, 0.717) is 24.0 Å². The van der Waals surface area contributed by atoms with E-state index in [4.69, 9.17) is 5.73 Å². The number of rotatable bonds is 7. The third-order valence-electron chi connectivity index (χ3n) is 4.23. The number of amides is 1. The van der Waals surface area contributed by atoms with Gasteiger partial charge in [0.15, 0.2) is 0 Å². The third kappa shape index (κ3) is 6.26. The first-order valence-electron chi connectivity index (χ1n) is 7.62. The topological polar surface area (TPSA) is 72.6 Å². The molecule has 122 valence electrons. The molecule has 21 heavy (non-hydrogen) atoms. The smallest absolute Gasteiger partial charge is 0.322 e. The lowest BCUT2D eigenvalue weighted by Crippen LogP contribution is -2.40. The molecule has 0 heterocycles. The second-order valence-corrected chi connectivity index (χ2v) is 6.99. The first-order valence-corrected chi connectivity index (χ1v) is 8.78. The Morgan fingerprint density at radius 2 is 1.95 bits per heavy atom. The normalized spacial score (nSPS) is 23.4. The zero-order chi connectivity index (χ0) is 15.8. The predicted octanol–water partition coefficient (Wildman–Crippen LogP) is 1.65. The Kier molecular flexibility index (Phi) is 8.11. The fraction of sp³-hybridized carbons (Fsp3) is 0.867. The minimum atomic E-state index is -0.588. The number of ether oxygens (including phenoxy) is 1. The van der Waals surface area contributed by atoms with Gasteiger partial charge in [-0.3, -0.25) is 9.59 Å². The summed E-state index contributed by atoms with van der Waals surface area (Å²) in [5.41, 5.74) is 5.65. The van der Waals surface area contributed by atoms with Crippen LogP contribution in [-0.4, -0.2) is 54.5 Å². The molecule has 0 aromatic rings. The van der Waals surface area contributed by atoms with Crippen molar-refractivity contribution in [3.8, 4) is 0 Å². The molecule has 1 aliphatic rings. The first kappa shape index (κ1) is 18.3. The molecule has 5 nitrogen and oxygen atoms in total. The molecule has 0 radical (unpaired) electrons.